The van der Waals surface area contributed by atoms with Crippen LogP contribution in [0.4, 0.5) is 0 Å². The van der Waals surface area contributed by atoms with Crippen LogP contribution in [0.1, 0.15) is 11.5 Å². The minimum atomic E-state index is -0.605. The number of nitrogens with one attached hydrogen (secondary N) is 1. The number of halogens is 1. The fraction of sp³-hybridized carbons (Fsp3) is 0.333. The van der Waals surface area contributed by atoms with Crippen LogP contribution in [0.15, 0.2) is 36.5 Å². The van der Waals surface area contributed by atoms with E-state index in [4.69, 9.17) is 16.3 Å². The second-order valence-corrected chi connectivity index (χ2v) is 5.08. The van der Waals surface area contributed by atoms with Gasteiger partial charge in [0.05, 0.1) is 5.69 Å². The van der Waals surface area contributed by atoms with Crippen molar-refractivity contribution in [1.82, 2.24) is 15.3 Å². The van der Waals surface area contributed by atoms with E-state index in [0.717, 1.165) is 11.5 Å². The van der Waals surface area contributed by atoms with Crippen LogP contribution in [0.25, 0.3) is 0 Å². The third kappa shape index (κ3) is 5.67. The summed E-state index contributed by atoms with van der Waals surface area (Å²) < 4.78 is 5.47. The predicted molar refractivity (Wildman–Crippen MR) is 81.4 cm³/mol. The van der Waals surface area contributed by atoms with Gasteiger partial charge < -0.3 is 15.2 Å². The number of aromatic nitrogens is 2. The smallest absolute Gasteiger partial charge is 0.125 e. The zero-order chi connectivity index (χ0) is 15.1. The van der Waals surface area contributed by atoms with E-state index in [1.807, 2.05) is 13.0 Å². The average molecular weight is 308 g/mol. The third-order valence-electron chi connectivity index (χ3n) is 2.76. The topological polar surface area (TPSA) is 67.3 Å². The molecule has 1 aromatic heterocycles. The molecule has 0 radical (unpaired) electrons. The number of benzene rings is 1. The van der Waals surface area contributed by atoms with Crippen LogP contribution in [0.2, 0.25) is 5.02 Å². The van der Waals surface area contributed by atoms with Crippen LogP contribution in [0, 0.1) is 6.92 Å². The molecule has 2 rings (SSSR count). The van der Waals surface area contributed by atoms with Gasteiger partial charge in [0, 0.05) is 24.3 Å². The maximum Gasteiger partial charge on any atom is 0.125 e. The Balaban J connectivity index is 1.69. The Labute approximate surface area is 129 Å². The number of aliphatic hydroxyl groups is 1. The van der Waals surface area contributed by atoms with E-state index < -0.39 is 6.10 Å². The lowest BCUT2D eigenvalue weighted by atomic mass is 10.3. The number of hydrogen-bond acceptors (Lipinski definition) is 5. The van der Waals surface area contributed by atoms with Crippen molar-refractivity contribution in [3.63, 3.8) is 0 Å². The Bertz CT molecular complexity index is 580. The molecule has 0 aliphatic heterocycles. The molecule has 0 aliphatic carbocycles. The van der Waals surface area contributed by atoms with Gasteiger partial charge in [-0.2, -0.15) is 0 Å². The van der Waals surface area contributed by atoms with Gasteiger partial charge in [-0.05, 0) is 31.2 Å². The molecular weight excluding hydrogens is 290 g/mol. The van der Waals surface area contributed by atoms with Crippen molar-refractivity contribution in [3.05, 3.63) is 53.1 Å². The molecule has 0 spiro atoms. The van der Waals surface area contributed by atoms with E-state index in [0.29, 0.717) is 23.9 Å². The molecule has 0 fully saturated rings. The van der Waals surface area contributed by atoms with Gasteiger partial charge in [-0.15, -0.1) is 0 Å². The summed E-state index contributed by atoms with van der Waals surface area (Å²) in [5.74, 6) is 1.38. The summed E-state index contributed by atoms with van der Waals surface area (Å²) >= 11 is 5.86. The first kappa shape index (κ1) is 15.7. The SMILES string of the molecule is Cc1nccc(CNCC(O)COc2cccc(Cl)c2)n1. The van der Waals surface area contributed by atoms with Crippen molar-refractivity contribution < 1.29 is 9.84 Å². The molecule has 0 aliphatic rings. The maximum absolute atomic E-state index is 9.86. The van der Waals surface area contributed by atoms with Gasteiger partial charge in [0.1, 0.15) is 24.3 Å². The maximum atomic E-state index is 9.86. The molecule has 0 amide bonds. The van der Waals surface area contributed by atoms with Crippen molar-refractivity contribution in [3.8, 4) is 5.75 Å². The van der Waals surface area contributed by atoms with E-state index >= 15 is 0 Å². The fourth-order valence-electron chi connectivity index (χ4n) is 1.78. The normalized spacial score (nSPS) is 12.1. The van der Waals surface area contributed by atoms with Crippen molar-refractivity contribution in [2.75, 3.05) is 13.2 Å². The Kier molecular flexibility index (Phi) is 5.92. The molecule has 5 nitrogen and oxygen atoms in total. The largest absolute Gasteiger partial charge is 0.491 e. The summed E-state index contributed by atoms with van der Waals surface area (Å²) in [5, 5.41) is 13.6. The van der Waals surface area contributed by atoms with Gasteiger partial charge in [0.25, 0.3) is 0 Å². The predicted octanol–water partition coefficient (Wildman–Crippen LogP) is 1.97. The molecule has 0 bridgehead atoms. The van der Waals surface area contributed by atoms with Crippen molar-refractivity contribution >= 4 is 11.6 Å². The molecule has 2 N–H and O–H groups in total. The molecule has 6 heteroatoms. The minimum absolute atomic E-state index is 0.205. The number of aliphatic hydroxyl groups excluding tert-OH is 1. The average Bonchev–Trinajstić information content (AvgIpc) is 2.45. The van der Waals surface area contributed by atoms with Crippen LogP contribution in [0.3, 0.4) is 0 Å². The second kappa shape index (κ2) is 7.93. The Morgan fingerprint density at radius 2 is 2.24 bits per heavy atom. The van der Waals surface area contributed by atoms with Crippen LogP contribution < -0.4 is 10.1 Å². The summed E-state index contributed by atoms with van der Waals surface area (Å²) in [5.41, 5.74) is 0.894. The first-order valence-electron chi connectivity index (χ1n) is 6.69. The van der Waals surface area contributed by atoms with Gasteiger partial charge >= 0.3 is 0 Å². The van der Waals surface area contributed by atoms with Gasteiger partial charge in [-0.25, -0.2) is 9.97 Å². The number of rotatable bonds is 7. The molecule has 1 aromatic carbocycles. The van der Waals surface area contributed by atoms with Crippen molar-refractivity contribution in [1.29, 1.82) is 0 Å². The molecule has 1 atom stereocenters. The van der Waals surface area contributed by atoms with E-state index in [-0.39, 0.29) is 6.61 Å². The van der Waals surface area contributed by atoms with Crippen LogP contribution >= 0.6 is 11.6 Å². The summed E-state index contributed by atoms with van der Waals surface area (Å²) in [6.07, 6.45) is 1.12. The lowest BCUT2D eigenvalue weighted by Gasteiger charge is -2.13. The van der Waals surface area contributed by atoms with Crippen molar-refractivity contribution in [2.45, 2.75) is 19.6 Å². The Morgan fingerprint density at radius 1 is 1.38 bits per heavy atom. The molecule has 2 aromatic rings. The first-order valence-corrected chi connectivity index (χ1v) is 7.07. The standard InChI is InChI=1S/C15H18ClN3O2/c1-11-18-6-5-13(19-11)8-17-9-14(20)10-21-15-4-2-3-12(16)7-15/h2-7,14,17,20H,8-10H2,1H3. The minimum Gasteiger partial charge on any atom is -0.491 e. The lowest BCUT2D eigenvalue weighted by molar-refractivity contribution is 0.106. The van der Waals surface area contributed by atoms with Gasteiger partial charge in [0.15, 0.2) is 0 Å². The van der Waals surface area contributed by atoms with Gasteiger partial charge in [-0.1, -0.05) is 17.7 Å². The van der Waals surface area contributed by atoms with Crippen LogP contribution in [0.5, 0.6) is 5.75 Å². The molecular formula is C15H18ClN3O2. The van der Waals surface area contributed by atoms with Crippen molar-refractivity contribution in [2.24, 2.45) is 0 Å². The van der Waals surface area contributed by atoms with E-state index in [1.165, 1.54) is 0 Å². The zero-order valence-corrected chi connectivity index (χ0v) is 12.5. The molecule has 112 valence electrons. The molecule has 1 heterocycles. The molecule has 0 saturated heterocycles. The highest BCUT2D eigenvalue weighted by atomic mass is 35.5. The van der Waals surface area contributed by atoms with E-state index in [1.54, 1.807) is 30.5 Å². The van der Waals surface area contributed by atoms with Gasteiger partial charge in [0.2, 0.25) is 0 Å². The highest BCUT2D eigenvalue weighted by Gasteiger charge is 2.05. The van der Waals surface area contributed by atoms with E-state index in [9.17, 15) is 5.11 Å². The zero-order valence-electron chi connectivity index (χ0n) is 11.8. The molecule has 21 heavy (non-hydrogen) atoms. The quantitative estimate of drug-likeness (QED) is 0.818. The van der Waals surface area contributed by atoms with Gasteiger partial charge in [-0.3, -0.25) is 0 Å². The number of aryl methyl sites for hydroxylation is 1. The highest BCUT2D eigenvalue weighted by molar-refractivity contribution is 6.30. The summed E-state index contributed by atoms with van der Waals surface area (Å²) in [7, 11) is 0. The number of nitrogens with zero attached hydrogens (tertiary/aromatic N) is 2. The Morgan fingerprint density at radius 3 is 3.00 bits per heavy atom. The summed E-state index contributed by atoms with van der Waals surface area (Å²) in [6.45, 7) is 3.05. The summed E-state index contributed by atoms with van der Waals surface area (Å²) in [6, 6.07) is 8.94. The fourth-order valence-corrected chi connectivity index (χ4v) is 1.96. The lowest BCUT2D eigenvalue weighted by Crippen LogP contribution is -2.31. The second-order valence-electron chi connectivity index (χ2n) is 4.65. The molecule has 1 unspecified atom stereocenters. The van der Waals surface area contributed by atoms with Crippen LogP contribution in [-0.4, -0.2) is 34.3 Å². The van der Waals surface area contributed by atoms with Crippen LogP contribution in [-0.2, 0) is 6.54 Å². The van der Waals surface area contributed by atoms with E-state index in [2.05, 4.69) is 15.3 Å². The summed E-state index contributed by atoms with van der Waals surface area (Å²) in [4.78, 5) is 8.31. The first-order chi connectivity index (χ1) is 10.1. The molecule has 0 saturated carbocycles. The highest BCUT2D eigenvalue weighted by Crippen LogP contribution is 2.17. The number of ether oxygens (including phenoxy) is 1. The monoisotopic (exact) mass is 307 g/mol. The number of hydrogen-bond donors (Lipinski definition) is 2. The third-order valence-corrected chi connectivity index (χ3v) is 2.99. The Hall–Kier alpha value is -1.69.